The van der Waals surface area contributed by atoms with Gasteiger partial charge in [0.05, 0.1) is 47.0 Å². The summed E-state index contributed by atoms with van der Waals surface area (Å²) in [5, 5.41) is 8.32. The van der Waals surface area contributed by atoms with Crippen molar-refractivity contribution in [2.24, 2.45) is 0 Å². The summed E-state index contributed by atoms with van der Waals surface area (Å²) in [6.45, 7) is 2.00. The Morgan fingerprint density at radius 2 is 1.89 bits per heavy atom. The fourth-order valence-corrected chi connectivity index (χ4v) is 4.13. The summed E-state index contributed by atoms with van der Waals surface area (Å²) in [5.74, 6) is -0.954. The SMILES string of the molecule is C[C@@H](NC(=O)[C@]1(NC(=O)c2cncnc2)CCOC1)c1ccc(Nc2ccc(Br)cc2C(F)(F)F)cn1. The minimum atomic E-state index is -4.54. The van der Waals surface area contributed by atoms with Crippen LogP contribution in [0.25, 0.3) is 0 Å². The molecule has 37 heavy (non-hydrogen) atoms. The van der Waals surface area contributed by atoms with Crippen molar-refractivity contribution in [3.63, 3.8) is 0 Å². The van der Waals surface area contributed by atoms with Gasteiger partial charge >= 0.3 is 6.18 Å². The lowest BCUT2D eigenvalue weighted by Crippen LogP contribution is -2.59. The lowest BCUT2D eigenvalue weighted by atomic mass is 9.96. The molecule has 1 aliphatic rings. The molecule has 9 nitrogen and oxygen atoms in total. The lowest BCUT2D eigenvalue weighted by molar-refractivity contribution is -0.137. The number of carbonyl (C=O) groups excluding carboxylic acids is 2. The van der Waals surface area contributed by atoms with E-state index in [2.05, 4.69) is 46.8 Å². The van der Waals surface area contributed by atoms with E-state index in [9.17, 15) is 22.8 Å². The van der Waals surface area contributed by atoms with Crippen LogP contribution in [0.4, 0.5) is 24.5 Å². The van der Waals surface area contributed by atoms with Gasteiger partial charge < -0.3 is 20.7 Å². The molecule has 0 aliphatic carbocycles. The molecule has 1 aromatic carbocycles. The number of anilines is 2. The number of hydrogen-bond donors (Lipinski definition) is 3. The smallest absolute Gasteiger partial charge is 0.378 e. The van der Waals surface area contributed by atoms with Gasteiger partial charge in [-0.1, -0.05) is 15.9 Å². The maximum atomic E-state index is 13.4. The largest absolute Gasteiger partial charge is 0.418 e. The van der Waals surface area contributed by atoms with Crippen LogP contribution in [-0.2, 0) is 15.7 Å². The van der Waals surface area contributed by atoms with Crippen molar-refractivity contribution in [2.75, 3.05) is 18.5 Å². The standard InChI is InChI=1S/C24H22BrF3N6O3/c1-14(32-22(36)23(6-7-37-12-23)34-21(35)15-9-29-13-30-10-15)19-5-3-17(11-31-19)33-20-4-2-16(25)8-18(20)24(26,27)28/h2-5,8-11,13-14,33H,6-7,12H2,1H3,(H,32,36)(H,34,35)/t14-,23+/m1/s1. The summed E-state index contributed by atoms with van der Waals surface area (Å²) >= 11 is 3.06. The maximum absolute atomic E-state index is 13.4. The van der Waals surface area contributed by atoms with E-state index < -0.39 is 35.1 Å². The van der Waals surface area contributed by atoms with Gasteiger partial charge in [0.2, 0.25) is 5.91 Å². The summed E-state index contributed by atoms with van der Waals surface area (Å²) in [5.41, 5.74) is -1.19. The lowest BCUT2D eigenvalue weighted by Gasteiger charge is -2.29. The minimum Gasteiger partial charge on any atom is -0.378 e. The van der Waals surface area contributed by atoms with Crippen molar-refractivity contribution in [2.45, 2.75) is 31.1 Å². The number of amides is 2. The first kappa shape index (κ1) is 26.5. The average Bonchev–Trinajstić information content (AvgIpc) is 3.35. The van der Waals surface area contributed by atoms with E-state index >= 15 is 0 Å². The molecule has 3 N–H and O–H groups in total. The minimum absolute atomic E-state index is 0.00397. The first-order chi connectivity index (χ1) is 17.6. The van der Waals surface area contributed by atoms with E-state index in [1.807, 2.05) is 0 Å². The highest BCUT2D eigenvalue weighted by molar-refractivity contribution is 9.10. The number of pyridine rings is 1. The topological polar surface area (TPSA) is 118 Å². The third kappa shape index (κ3) is 6.23. The zero-order valence-electron chi connectivity index (χ0n) is 19.5. The molecule has 1 aliphatic heterocycles. The van der Waals surface area contributed by atoms with Crippen LogP contribution >= 0.6 is 15.9 Å². The summed E-state index contributed by atoms with van der Waals surface area (Å²) in [7, 11) is 0. The van der Waals surface area contributed by atoms with Crippen LogP contribution in [0, 0.1) is 0 Å². The molecule has 0 unspecified atom stereocenters. The van der Waals surface area contributed by atoms with Crippen molar-refractivity contribution in [1.29, 1.82) is 0 Å². The van der Waals surface area contributed by atoms with Gasteiger partial charge in [0.1, 0.15) is 11.9 Å². The van der Waals surface area contributed by atoms with Crippen molar-refractivity contribution < 1.29 is 27.5 Å². The molecule has 0 bridgehead atoms. The second-order valence-electron chi connectivity index (χ2n) is 8.45. The van der Waals surface area contributed by atoms with Crippen LogP contribution in [0.2, 0.25) is 0 Å². The second-order valence-corrected chi connectivity index (χ2v) is 9.36. The Kier molecular flexibility index (Phi) is 7.73. The van der Waals surface area contributed by atoms with E-state index in [1.165, 1.54) is 37.1 Å². The molecule has 2 aromatic heterocycles. The number of ether oxygens (including phenoxy) is 1. The fraction of sp³-hybridized carbons (Fsp3) is 0.292. The summed E-state index contributed by atoms with van der Waals surface area (Å²) in [6, 6.07) is 6.42. The predicted molar refractivity (Wildman–Crippen MR) is 131 cm³/mol. The Balaban J connectivity index is 1.44. The molecule has 1 saturated heterocycles. The Hall–Kier alpha value is -3.58. The second kappa shape index (κ2) is 10.8. The Labute approximate surface area is 218 Å². The third-order valence-electron chi connectivity index (χ3n) is 5.78. The van der Waals surface area contributed by atoms with Crippen molar-refractivity contribution >= 4 is 39.1 Å². The number of nitrogens with zero attached hydrogens (tertiary/aromatic N) is 3. The van der Waals surface area contributed by atoms with Gasteiger partial charge in [-0.2, -0.15) is 13.2 Å². The van der Waals surface area contributed by atoms with Gasteiger partial charge in [-0.25, -0.2) is 9.97 Å². The van der Waals surface area contributed by atoms with E-state index in [4.69, 9.17) is 4.74 Å². The Morgan fingerprint density at radius 1 is 1.14 bits per heavy atom. The molecule has 0 radical (unpaired) electrons. The van der Waals surface area contributed by atoms with E-state index in [-0.39, 0.29) is 24.3 Å². The molecule has 194 valence electrons. The van der Waals surface area contributed by atoms with Crippen LogP contribution in [0.3, 0.4) is 0 Å². The number of nitrogens with one attached hydrogen (secondary N) is 3. The molecule has 2 atom stereocenters. The Bertz CT molecular complexity index is 1270. The Morgan fingerprint density at radius 3 is 2.51 bits per heavy atom. The summed E-state index contributed by atoms with van der Waals surface area (Å²) in [4.78, 5) is 37.8. The number of aromatic nitrogens is 3. The first-order valence-electron chi connectivity index (χ1n) is 11.1. The highest BCUT2D eigenvalue weighted by atomic mass is 79.9. The average molecular weight is 579 g/mol. The highest BCUT2D eigenvalue weighted by Gasteiger charge is 2.44. The summed E-state index contributed by atoms with van der Waals surface area (Å²) < 4.78 is 45.9. The number of alkyl halides is 3. The quantitative estimate of drug-likeness (QED) is 0.385. The van der Waals surface area contributed by atoms with Gasteiger partial charge in [-0.05, 0) is 37.3 Å². The van der Waals surface area contributed by atoms with Crippen molar-refractivity contribution in [3.05, 3.63) is 76.5 Å². The van der Waals surface area contributed by atoms with Crippen LogP contribution in [-0.4, -0.2) is 45.5 Å². The normalized spacial score (nSPS) is 18.2. The number of hydrogen-bond acceptors (Lipinski definition) is 7. The van der Waals surface area contributed by atoms with E-state index in [1.54, 1.807) is 19.1 Å². The van der Waals surface area contributed by atoms with Crippen LogP contribution in [0.1, 0.15) is 41.0 Å². The van der Waals surface area contributed by atoms with Crippen LogP contribution in [0.5, 0.6) is 0 Å². The molecule has 0 saturated carbocycles. The van der Waals surface area contributed by atoms with Crippen LogP contribution < -0.4 is 16.0 Å². The van der Waals surface area contributed by atoms with Gasteiger partial charge in [0, 0.05) is 29.9 Å². The monoisotopic (exact) mass is 578 g/mol. The van der Waals surface area contributed by atoms with E-state index in [0.29, 0.717) is 22.5 Å². The number of benzene rings is 1. The molecular weight excluding hydrogens is 557 g/mol. The molecule has 3 heterocycles. The zero-order chi connectivity index (χ0) is 26.6. The summed E-state index contributed by atoms with van der Waals surface area (Å²) in [6.07, 6.45) is 1.10. The van der Waals surface area contributed by atoms with Gasteiger partial charge in [0.15, 0.2) is 0 Å². The molecule has 4 rings (SSSR count). The van der Waals surface area contributed by atoms with Gasteiger partial charge in [0.25, 0.3) is 5.91 Å². The van der Waals surface area contributed by atoms with E-state index in [0.717, 1.165) is 6.07 Å². The van der Waals surface area contributed by atoms with Crippen molar-refractivity contribution in [3.8, 4) is 0 Å². The third-order valence-corrected chi connectivity index (χ3v) is 6.27. The van der Waals surface area contributed by atoms with Gasteiger partial charge in [-0.15, -0.1) is 0 Å². The van der Waals surface area contributed by atoms with Crippen LogP contribution in [0.15, 0.2) is 59.7 Å². The fourth-order valence-electron chi connectivity index (χ4n) is 3.76. The molecule has 13 heteroatoms. The number of halogens is 4. The highest BCUT2D eigenvalue weighted by Crippen LogP contribution is 2.37. The maximum Gasteiger partial charge on any atom is 0.418 e. The van der Waals surface area contributed by atoms with Crippen molar-refractivity contribution in [1.82, 2.24) is 25.6 Å². The molecule has 0 spiro atoms. The van der Waals surface area contributed by atoms with Gasteiger partial charge in [-0.3, -0.25) is 14.6 Å². The number of rotatable bonds is 7. The molecular formula is C24H22BrF3N6O3. The molecule has 2 amide bonds. The zero-order valence-corrected chi connectivity index (χ0v) is 21.1. The number of carbonyl (C=O) groups is 2. The predicted octanol–water partition coefficient (Wildman–Crippen LogP) is 4.16. The molecule has 3 aromatic rings. The molecule has 1 fully saturated rings. The first-order valence-corrected chi connectivity index (χ1v) is 11.9.